The van der Waals surface area contributed by atoms with Crippen molar-refractivity contribution >= 4 is 11.9 Å². The molecule has 0 fully saturated rings. The van der Waals surface area contributed by atoms with E-state index in [4.69, 9.17) is 5.11 Å². The number of rotatable bonds is 6. The lowest BCUT2D eigenvalue weighted by Crippen LogP contribution is -1.95. The van der Waals surface area contributed by atoms with Crippen molar-refractivity contribution in [3.63, 3.8) is 0 Å². The second-order valence-corrected chi connectivity index (χ2v) is 3.78. The summed E-state index contributed by atoms with van der Waals surface area (Å²) >= 11 is 0. The van der Waals surface area contributed by atoms with Crippen LogP contribution in [0.4, 0.5) is 0 Å². The molecule has 0 saturated heterocycles. The number of hydrogen-bond donors (Lipinski definition) is 1. The van der Waals surface area contributed by atoms with E-state index < -0.39 is 5.97 Å². The summed E-state index contributed by atoms with van der Waals surface area (Å²) in [6.07, 6.45) is 6.56. The van der Waals surface area contributed by atoms with Crippen LogP contribution in [0.15, 0.2) is 0 Å². The Labute approximate surface area is 112 Å². The topological polar surface area (TPSA) is 63.6 Å². The largest absolute Gasteiger partial charge is 0.481 e. The van der Waals surface area contributed by atoms with Gasteiger partial charge in [0.1, 0.15) is 0 Å². The van der Waals surface area contributed by atoms with Crippen LogP contribution in [0.5, 0.6) is 0 Å². The summed E-state index contributed by atoms with van der Waals surface area (Å²) in [7, 11) is 0. The molecule has 0 amide bonds. The molecule has 0 aliphatic rings. The van der Waals surface area contributed by atoms with E-state index in [9.17, 15) is 9.59 Å². The predicted molar refractivity (Wildman–Crippen MR) is 74.7 cm³/mol. The molecular weight excluding hydrogens is 232 g/mol. The molecule has 18 heavy (non-hydrogen) atoms. The van der Waals surface area contributed by atoms with E-state index in [0.717, 1.165) is 6.42 Å². The minimum atomic E-state index is -0.711. The third-order valence-corrected chi connectivity index (χ3v) is 1.77. The van der Waals surface area contributed by atoms with E-state index in [2.05, 4.69) is 18.6 Å². The highest BCUT2D eigenvalue weighted by Crippen LogP contribution is 1.95. The lowest BCUT2D eigenvalue weighted by molar-refractivity contribution is -0.140. The summed E-state index contributed by atoms with van der Waals surface area (Å²) in [5.74, 6) is -0.921. The van der Waals surface area contributed by atoms with Gasteiger partial charge in [0.25, 0.3) is 0 Å². The van der Waals surface area contributed by atoms with Gasteiger partial charge in [0.2, 0.25) is 0 Å². The molecule has 0 spiro atoms. The van der Waals surface area contributed by atoms with Crippen molar-refractivity contribution in [2.45, 2.75) is 73.1 Å². The molecule has 0 aromatic carbocycles. The van der Waals surface area contributed by atoms with Crippen LogP contribution in [-0.2, 0) is 14.3 Å². The smallest absolute Gasteiger partial charge is 0.303 e. The first-order valence-corrected chi connectivity index (χ1v) is 6.81. The molecule has 0 rings (SSSR count). The van der Waals surface area contributed by atoms with Gasteiger partial charge < -0.3 is 9.84 Å². The number of hydrogen-bond acceptors (Lipinski definition) is 3. The highest BCUT2D eigenvalue weighted by atomic mass is 16.5. The molecule has 0 bridgehead atoms. The summed E-state index contributed by atoms with van der Waals surface area (Å²) in [4.78, 5) is 19.4. The van der Waals surface area contributed by atoms with Crippen LogP contribution in [0.3, 0.4) is 0 Å². The van der Waals surface area contributed by atoms with E-state index in [1.165, 1.54) is 32.6 Å². The summed E-state index contributed by atoms with van der Waals surface area (Å²) in [5, 5.41) is 7.91. The molecule has 0 radical (unpaired) electrons. The van der Waals surface area contributed by atoms with Gasteiger partial charge >= 0.3 is 11.9 Å². The van der Waals surface area contributed by atoms with Crippen molar-refractivity contribution < 1.29 is 19.4 Å². The zero-order valence-electron chi connectivity index (χ0n) is 12.6. The number of esters is 1. The fraction of sp³-hybridized carbons (Fsp3) is 0.857. The van der Waals surface area contributed by atoms with Gasteiger partial charge in [-0.15, -0.1) is 0 Å². The number of carboxylic acids is 1. The zero-order chi connectivity index (χ0) is 14.8. The number of carbonyl (C=O) groups excluding carboxylic acids is 1. The Balaban J connectivity index is -0.000000187. The standard InChI is InChI=1S/C6H14.2C4H8O2/c1-3-5-6-4-2;1-3-6-4(2)5;1-2-3-4(5)6/h3-6H2,1-2H3;3H2,1-2H3;2-3H2,1H3,(H,5,6). The minimum absolute atomic E-state index is 0.211. The molecule has 1 N–H and O–H groups in total. The molecule has 0 aromatic rings. The van der Waals surface area contributed by atoms with Crippen LogP contribution in [0.1, 0.15) is 73.1 Å². The molecule has 0 heterocycles. The lowest BCUT2D eigenvalue weighted by Gasteiger charge is -1.89. The average molecular weight is 262 g/mol. The van der Waals surface area contributed by atoms with Crippen LogP contribution in [0.25, 0.3) is 0 Å². The number of unbranched alkanes of at least 4 members (excludes halogenated alkanes) is 3. The first kappa shape index (κ1) is 22.1. The lowest BCUT2D eigenvalue weighted by atomic mass is 10.2. The summed E-state index contributed by atoms with van der Waals surface area (Å²) in [6.45, 7) is 9.96. The highest BCUT2D eigenvalue weighted by Gasteiger charge is 1.87. The van der Waals surface area contributed by atoms with Gasteiger partial charge in [-0.1, -0.05) is 46.5 Å². The Kier molecular flexibility index (Phi) is 26.1. The van der Waals surface area contributed by atoms with Crippen LogP contribution < -0.4 is 0 Å². The number of carbonyl (C=O) groups is 2. The molecule has 0 aliphatic heterocycles. The Hall–Kier alpha value is -1.06. The first-order chi connectivity index (χ1) is 8.45. The molecular formula is C14H30O4. The number of ether oxygens (including phenoxy) is 1. The fourth-order valence-electron chi connectivity index (χ4n) is 0.917. The maximum absolute atomic E-state index is 9.82. The van der Waals surface area contributed by atoms with Gasteiger partial charge in [0, 0.05) is 13.3 Å². The van der Waals surface area contributed by atoms with E-state index in [-0.39, 0.29) is 5.97 Å². The molecule has 110 valence electrons. The zero-order valence-corrected chi connectivity index (χ0v) is 12.6. The maximum Gasteiger partial charge on any atom is 0.303 e. The van der Waals surface area contributed by atoms with Crippen molar-refractivity contribution in [1.82, 2.24) is 0 Å². The second-order valence-electron chi connectivity index (χ2n) is 3.78. The maximum atomic E-state index is 9.82. The van der Waals surface area contributed by atoms with Gasteiger partial charge in [-0.2, -0.15) is 0 Å². The van der Waals surface area contributed by atoms with Crippen LogP contribution >= 0.6 is 0 Å². The van der Waals surface area contributed by atoms with Gasteiger partial charge in [0.05, 0.1) is 6.61 Å². The normalized spacial score (nSPS) is 8.28. The van der Waals surface area contributed by atoms with E-state index in [1.54, 1.807) is 6.92 Å². The van der Waals surface area contributed by atoms with Crippen LogP contribution in [0, 0.1) is 0 Å². The molecule has 0 atom stereocenters. The minimum Gasteiger partial charge on any atom is -0.481 e. The number of carboxylic acid groups (broad SMARTS) is 1. The summed E-state index contributed by atoms with van der Waals surface area (Å²) in [5.41, 5.74) is 0. The van der Waals surface area contributed by atoms with E-state index in [1.807, 2.05) is 6.92 Å². The average Bonchev–Trinajstić information content (AvgIpc) is 2.27. The van der Waals surface area contributed by atoms with Crippen molar-refractivity contribution in [1.29, 1.82) is 0 Å². The van der Waals surface area contributed by atoms with Crippen molar-refractivity contribution in [3.05, 3.63) is 0 Å². The van der Waals surface area contributed by atoms with Crippen molar-refractivity contribution in [3.8, 4) is 0 Å². The van der Waals surface area contributed by atoms with Gasteiger partial charge in [-0.25, -0.2) is 0 Å². The first-order valence-electron chi connectivity index (χ1n) is 6.81. The molecule has 4 heteroatoms. The Morgan fingerprint density at radius 2 is 1.39 bits per heavy atom. The van der Waals surface area contributed by atoms with E-state index in [0.29, 0.717) is 13.0 Å². The Morgan fingerprint density at radius 3 is 1.44 bits per heavy atom. The third kappa shape index (κ3) is 46.1. The Morgan fingerprint density at radius 1 is 0.944 bits per heavy atom. The van der Waals surface area contributed by atoms with Crippen molar-refractivity contribution in [2.24, 2.45) is 0 Å². The predicted octanol–water partition coefficient (Wildman–Crippen LogP) is 4.03. The van der Waals surface area contributed by atoms with Gasteiger partial charge in [-0.3, -0.25) is 9.59 Å². The molecule has 0 aliphatic carbocycles. The monoisotopic (exact) mass is 262 g/mol. The van der Waals surface area contributed by atoms with Gasteiger partial charge in [0.15, 0.2) is 0 Å². The SMILES string of the molecule is CCCC(=O)O.CCCCCC.CCOC(C)=O. The fourth-order valence-corrected chi connectivity index (χ4v) is 0.917. The molecule has 0 aromatic heterocycles. The second kappa shape index (κ2) is 21.2. The van der Waals surface area contributed by atoms with Crippen LogP contribution in [0.2, 0.25) is 0 Å². The number of aliphatic carboxylic acids is 1. The third-order valence-electron chi connectivity index (χ3n) is 1.77. The Bertz CT molecular complexity index is 159. The molecule has 0 saturated carbocycles. The van der Waals surface area contributed by atoms with Crippen molar-refractivity contribution in [2.75, 3.05) is 6.61 Å². The quantitative estimate of drug-likeness (QED) is 0.580. The highest BCUT2D eigenvalue weighted by molar-refractivity contribution is 5.66. The molecule has 0 unspecified atom stereocenters. The summed E-state index contributed by atoms with van der Waals surface area (Å²) in [6, 6.07) is 0. The molecule has 4 nitrogen and oxygen atoms in total. The summed E-state index contributed by atoms with van der Waals surface area (Å²) < 4.78 is 4.40. The van der Waals surface area contributed by atoms with Gasteiger partial charge in [-0.05, 0) is 13.3 Å². The van der Waals surface area contributed by atoms with Crippen LogP contribution in [-0.4, -0.2) is 23.7 Å². The van der Waals surface area contributed by atoms with E-state index >= 15 is 0 Å².